The van der Waals surface area contributed by atoms with Gasteiger partial charge in [0.25, 0.3) is 5.22 Å². The van der Waals surface area contributed by atoms with Crippen molar-refractivity contribution in [3.63, 3.8) is 0 Å². The standard InChI is InChI=1S/C11H11FN2O2S/c1-6(15)8-4-3-5-9(12)10(8)17-11-14-13-7(2)16-11/h3-6,15H,1-2H3/t6-/m1/s1. The lowest BCUT2D eigenvalue weighted by atomic mass is 10.1. The van der Waals surface area contributed by atoms with Crippen molar-refractivity contribution >= 4 is 11.8 Å². The van der Waals surface area contributed by atoms with Crippen molar-refractivity contribution in [2.45, 2.75) is 30.1 Å². The highest BCUT2D eigenvalue weighted by molar-refractivity contribution is 7.99. The molecule has 2 rings (SSSR count). The number of hydrogen-bond donors (Lipinski definition) is 1. The molecule has 1 atom stereocenters. The van der Waals surface area contributed by atoms with Crippen LogP contribution in [0.4, 0.5) is 4.39 Å². The van der Waals surface area contributed by atoms with Crippen LogP contribution in [0.25, 0.3) is 0 Å². The van der Waals surface area contributed by atoms with E-state index in [1.807, 2.05) is 0 Å². The first kappa shape index (κ1) is 12.1. The molecule has 0 radical (unpaired) electrons. The van der Waals surface area contributed by atoms with E-state index in [0.717, 1.165) is 11.8 Å². The Kier molecular flexibility index (Phi) is 3.44. The first-order valence-corrected chi connectivity index (χ1v) is 5.84. The van der Waals surface area contributed by atoms with Crippen molar-refractivity contribution in [3.05, 3.63) is 35.5 Å². The molecule has 4 nitrogen and oxygen atoms in total. The molecule has 0 aliphatic carbocycles. The number of aryl methyl sites for hydroxylation is 1. The number of benzene rings is 1. The van der Waals surface area contributed by atoms with Crippen LogP contribution in [-0.2, 0) is 0 Å². The Labute approximate surface area is 102 Å². The van der Waals surface area contributed by atoms with E-state index in [9.17, 15) is 9.50 Å². The Hall–Kier alpha value is -1.40. The van der Waals surface area contributed by atoms with Crippen LogP contribution >= 0.6 is 11.8 Å². The second kappa shape index (κ2) is 4.85. The van der Waals surface area contributed by atoms with E-state index in [1.54, 1.807) is 26.0 Å². The van der Waals surface area contributed by atoms with Gasteiger partial charge in [-0.3, -0.25) is 0 Å². The number of aliphatic hydroxyl groups is 1. The second-order valence-electron chi connectivity index (χ2n) is 3.52. The maximum absolute atomic E-state index is 13.7. The smallest absolute Gasteiger partial charge is 0.281 e. The number of halogens is 1. The zero-order chi connectivity index (χ0) is 12.4. The molecule has 0 amide bonds. The molecular formula is C11H11FN2O2S. The molecule has 17 heavy (non-hydrogen) atoms. The second-order valence-corrected chi connectivity index (χ2v) is 4.48. The van der Waals surface area contributed by atoms with Gasteiger partial charge in [0.05, 0.1) is 11.0 Å². The van der Waals surface area contributed by atoms with Crippen LogP contribution in [0.5, 0.6) is 0 Å². The molecule has 90 valence electrons. The molecule has 1 aromatic heterocycles. The van der Waals surface area contributed by atoms with Crippen molar-refractivity contribution < 1.29 is 13.9 Å². The first-order valence-electron chi connectivity index (χ1n) is 5.02. The molecule has 1 aromatic carbocycles. The van der Waals surface area contributed by atoms with Gasteiger partial charge in [-0.15, -0.1) is 10.2 Å². The van der Waals surface area contributed by atoms with Crippen LogP contribution in [0.3, 0.4) is 0 Å². The quantitative estimate of drug-likeness (QED) is 0.912. The SMILES string of the molecule is Cc1nnc(Sc2c(F)cccc2[C@@H](C)O)o1. The Morgan fingerprint density at radius 2 is 2.18 bits per heavy atom. The minimum absolute atomic E-state index is 0.259. The Balaban J connectivity index is 2.37. The molecule has 0 unspecified atom stereocenters. The molecule has 0 bridgehead atoms. The summed E-state index contributed by atoms with van der Waals surface area (Å²) in [5.41, 5.74) is 0.505. The van der Waals surface area contributed by atoms with Crippen molar-refractivity contribution in [2.24, 2.45) is 0 Å². The van der Waals surface area contributed by atoms with Gasteiger partial charge >= 0.3 is 0 Å². The van der Waals surface area contributed by atoms with Crippen molar-refractivity contribution in [3.8, 4) is 0 Å². The van der Waals surface area contributed by atoms with Gasteiger partial charge < -0.3 is 9.52 Å². The highest BCUT2D eigenvalue weighted by Gasteiger charge is 2.16. The van der Waals surface area contributed by atoms with Crippen molar-refractivity contribution in [1.82, 2.24) is 10.2 Å². The lowest BCUT2D eigenvalue weighted by Crippen LogP contribution is -1.96. The Morgan fingerprint density at radius 3 is 2.76 bits per heavy atom. The summed E-state index contributed by atoms with van der Waals surface area (Å²) in [5.74, 6) is 0.00619. The van der Waals surface area contributed by atoms with Gasteiger partial charge in [-0.25, -0.2) is 4.39 Å². The van der Waals surface area contributed by atoms with Crippen LogP contribution in [0.1, 0.15) is 24.5 Å². The van der Waals surface area contributed by atoms with Gasteiger partial charge in [0, 0.05) is 6.92 Å². The molecule has 0 fully saturated rings. The molecule has 0 spiro atoms. The van der Waals surface area contributed by atoms with Gasteiger partial charge in [-0.05, 0) is 30.3 Å². The third kappa shape index (κ3) is 2.65. The summed E-state index contributed by atoms with van der Waals surface area (Å²) in [4.78, 5) is 0.311. The highest BCUT2D eigenvalue weighted by Crippen LogP contribution is 2.34. The lowest BCUT2D eigenvalue weighted by Gasteiger charge is -2.10. The van der Waals surface area contributed by atoms with Crippen LogP contribution in [-0.4, -0.2) is 15.3 Å². The number of hydrogen-bond acceptors (Lipinski definition) is 5. The van der Waals surface area contributed by atoms with E-state index in [4.69, 9.17) is 4.42 Å². The topological polar surface area (TPSA) is 59.2 Å². The van der Waals surface area contributed by atoms with E-state index >= 15 is 0 Å². The normalized spacial score (nSPS) is 12.7. The van der Waals surface area contributed by atoms with E-state index in [-0.39, 0.29) is 5.22 Å². The largest absolute Gasteiger partial charge is 0.416 e. The molecule has 0 aliphatic heterocycles. The van der Waals surface area contributed by atoms with Gasteiger partial charge in [-0.1, -0.05) is 12.1 Å². The van der Waals surface area contributed by atoms with Gasteiger partial charge in [0.15, 0.2) is 0 Å². The minimum Gasteiger partial charge on any atom is -0.416 e. The maximum Gasteiger partial charge on any atom is 0.281 e. The van der Waals surface area contributed by atoms with Crippen LogP contribution in [0, 0.1) is 12.7 Å². The molecule has 6 heteroatoms. The van der Waals surface area contributed by atoms with E-state index < -0.39 is 11.9 Å². The third-order valence-electron chi connectivity index (χ3n) is 2.14. The summed E-state index contributed by atoms with van der Waals surface area (Å²) in [5, 5.41) is 17.3. The van der Waals surface area contributed by atoms with Crippen LogP contribution < -0.4 is 0 Å². The third-order valence-corrected chi connectivity index (χ3v) is 3.12. The van der Waals surface area contributed by atoms with E-state index in [2.05, 4.69) is 10.2 Å². The fourth-order valence-corrected chi connectivity index (χ4v) is 2.31. The number of rotatable bonds is 3. The molecule has 2 aromatic rings. The van der Waals surface area contributed by atoms with E-state index in [1.165, 1.54) is 6.07 Å². The fraction of sp³-hybridized carbons (Fsp3) is 0.273. The van der Waals surface area contributed by atoms with Gasteiger partial charge in [0.2, 0.25) is 5.89 Å². The summed E-state index contributed by atoms with van der Waals surface area (Å²) in [6.07, 6.45) is -0.753. The monoisotopic (exact) mass is 254 g/mol. The summed E-state index contributed by atoms with van der Waals surface area (Å²) in [7, 11) is 0. The molecule has 0 saturated heterocycles. The molecule has 0 aliphatic rings. The molecule has 1 heterocycles. The first-order chi connectivity index (χ1) is 8.08. The summed E-state index contributed by atoms with van der Waals surface area (Å²) < 4.78 is 18.9. The molecular weight excluding hydrogens is 243 g/mol. The average Bonchev–Trinajstić information content (AvgIpc) is 2.67. The zero-order valence-corrected chi connectivity index (χ0v) is 10.2. The maximum atomic E-state index is 13.7. The Bertz CT molecular complexity index is 528. The van der Waals surface area contributed by atoms with Crippen molar-refractivity contribution in [2.75, 3.05) is 0 Å². The van der Waals surface area contributed by atoms with Crippen molar-refractivity contribution in [1.29, 1.82) is 0 Å². The zero-order valence-electron chi connectivity index (χ0n) is 9.35. The molecule has 1 N–H and O–H groups in total. The number of aromatic nitrogens is 2. The van der Waals surface area contributed by atoms with Gasteiger partial charge in [0.1, 0.15) is 5.82 Å². The number of nitrogens with zero attached hydrogens (tertiary/aromatic N) is 2. The Morgan fingerprint density at radius 1 is 1.41 bits per heavy atom. The molecule has 0 saturated carbocycles. The predicted octanol–water partition coefficient (Wildman–Crippen LogP) is 2.72. The summed E-state index contributed by atoms with van der Waals surface area (Å²) >= 11 is 1.01. The summed E-state index contributed by atoms with van der Waals surface area (Å²) in [6.45, 7) is 3.24. The summed E-state index contributed by atoms with van der Waals surface area (Å²) in [6, 6.07) is 4.55. The number of aliphatic hydroxyl groups excluding tert-OH is 1. The van der Waals surface area contributed by atoms with E-state index in [0.29, 0.717) is 16.3 Å². The average molecular weight is 254 g/mol. The highest BCUT2D eigenvalue weighted by atomic mass is 32.2. The predicted molar refractivity (Wildman–Crippen MR) is 60.2 cm³/mol. The minimum atomic E-state index is -0.753. The van der Waals surface area contributed by atoms with Crippen LogP contribution in [0.2, 0.25) is 0 Å². The lowest BCUT2D eigenvalue weighted by molar-refractivity contribution is 0.195. The van der Waals surface area contributed by atoms with Gasteiger partial charge in [-0.2, -0.15) is 0 Å². The van der Waals surface area contributed by atoms with Crippen LogP contribution in [0.15, 0.2) is 32.7 Å². The fourth-order valence-electron chi connectivity index (χ4n) is 1.37.